The van der Waals surface area contributed by atoms with Crippen LogP contribution in [0.2, 0.25) is 0 Å². The molecule has 3 rings (SSSR count). The summed E-state index contributed by atoms with van der Waals surface area (Å²) in [5.41, 5.74) is 2.12. The van der Waals surface area contributed by atoms with Gasteiger partial charge in [-0.2, -0.15) is 0 Å². The predicted octanol–water partition coefficient (Wildman–Crippen LogP) is 2.05. The second kappa shape index (κ2) is 5.66. The van der Waals surface area contributed by atoms with E-state index < -0.39 is 0 Å². The van der Waals surface area contributed by atoms with Crippen molar-refractivity contribution in [2.24, 2.45) is 0 Å². The molecule has 1 fully saturated rings. The molecule has 0 spiro atoms. The summed E-state index contributed by atoms with van der Waals surface area (Å²) >= 11 is 0. The third-order valence-corrected chi connectivity index (χ3v) is 4.30. The molecule has 110 valence electrons. The van der Waals surface area contributed by atoms with E-state index in [1.807, 2.05) is 14.0 Å². The van der Waals surface area contributed by atoms with Crippen LogP contribution in [-0.2, 0) is 27.9 Å². The van der Waals surface area contributed by atoms with Gasteiger partial charge in [-0.3, -0.25) is 0 Å². The first-order chi connectivity index (χ1) is 9.79. The van der Waals surface area contributed by atoms with Crippen LogP contribution in [0, 0.1) is 0 Å². The lowest BCUT2D eigenvalue weighted by molar-refractivity contribution is -0.117. The van der Waals surface area contributed by atoms with Crippen LogP contribution >= 0.6 is 0 Å². The molecule has 1 aromatic rings. The minimum Gasteiger partial charge on any atom is -0.381 e. The van der Waals surface area contributed by atoms with Gasteiger partial charge in [-0.15, -0.1) is 0 Å². The van der Waals surface area contributed by atoms with Crippen molar-refractivity contribution in [2.75, 3.05) is 32.2 Å². The van der Waals surface area contributed by atoms with Crippen LogP contribution in [0.5, 0.6) is 0 Å². The van der Waals surface area contributed by atoms with Crippen molar-refractivity contribution in [1.82, 2.24) is 9.97 Å². The normalized spacial score (nSPS) is 20.7. The number of aromatic nitrogens is 2. The summed E-state index contributed by atoms with van der Waals surface area (Å²) in [5, 5.41) is 3.23. The van der Waals surface area contributed by atoms with Crippen molar-refractivity contribution in [3.05, 3.63) is 17.1 Å². The van der Waals surface area contributed by atoms with Crippen molar-refractivity contribution in [3.63, 3.8) is 0 Å². The predicted molar refractivity (Wildman–Crippen MR) is 77.0 cm³/mol. The molecule has 0 amide bonds. The number of nitrogens with one attached hydrogen (secondary N) is 1. The average molecular weight is 277 g/mol. The number of fused-ring (bicyclic) bond motifs is 1. The van der Waals surface area contributed by atoms with E-state index in [1.54, 1.807) is 0 Å². The largest absolute Gasteiger partial charge is 0.381 e. The van der Waals surface area contributed by atoms with Gasteiger partial charge in [0, 0.05) is 51.0 Å². The number of nitrogens with zero attached hydrogens (tertiary/aromatic N) is 2. The van der Waals surface area contributed by atoms with E-state index in [-0.39, 0.29) is 5.60 Å². The molecule has 0 bridgehead atoms. The molecule has 1 aliphatic carbocycles. The third-order valence-electron chi connectivity index (χ3n) is 4.30. The van der Waals surface area contributed by atoms with Gasteiger partial charge in [0.25, 0.3) is 0 Å². The summed E-state index contributed by atoms with van der Waals surface area (Å²) in [4.78, 5) is 9.62. The maximum absolute atomic E-state index is 6.08. The number of rotatable bonds is 4. The molecule has 1 N–H and O–H groups in total. The van der Waals surface area contributed by atoms with Crippen molar-refractivity contribution in [2.45, 2.75) is 44.6 Å². The van der Waals surface area contributed by atoms with Crippen molar-refractivity contribution in [3.8, 4) is 0 Å². The van der Waals surface area contributed by atoms with Crippen molar-refractivity contribution < 1.29 is 9.47 Å². The molecule has 5 nitrogen and oxygen atoms in total. The fraction of sp³-hybridized carbons (Fsp3) is 0.733. The zero-order valence-corrected chi connectivity index (χ0v) is 12.4. The summed E-state index contributed by atoms with van der Waals surface area (Å²) in [5.74, 6) is 1.82. The fourth-order valence-electron chi connectivity index (χ4n) is 3.25. The second-order valence-corrected chi connectivity index (χ2v) is 5.46. The Bertz CT molecular complexity index is 479. The zero-order chi connectivity index (χ0) is 14.0. The molecule has 2 aliphatic rings. The number of anilines is 1. The molecular formula is C15H23N3O2. The summed E-state index contributed by atoms with van der Waals surface area (Å²) in [6, 6.07) is 0. The SMILES string of the molecule is CCOC1(c2nc3c(c(NC)n2)CCC3)CCOCC1. The Hall–Kier alpha value is -1.20. The maximum Gasteiger partial charge on any atom is 0.163 e. The van der Waals surface area contributed by atoms with E-state index in [2.05, 4.69) is 5.32 Å². The van der Waals surface area contributed by atoms with E-state index in [9.17, 15) is 0 Å². The van der Waals surface area contributed by atoms with E-state index in [0.29, 0.717) is 6.61 Å². The molecule has 0 radical (unpaired) electrons. The summed E-state index contributed by atoms with van der Waals surface area (Å²) < 4.78 is 11.6. The summed E-state index contributed by atoms with van der Waals surface area (Å²) in [6.07, 6.45) is 4.98. The van der Waals surface area contributed by atoms with Crippen LogP contribution in [0.15, 0.2) is 0 Å². The first kappa shape index (κ1) is 13.8. The van der Waals surface area contributed by atoms with Gasteiger partial charge in [0.1, 0.15) is 11.4 Å². The van der Waals surface area contributed by atoms with Crippen LogP contribution in [0.1, 0.15) is 43.3 Å². The quantitative estimate of drug-likeness (QED) is 0.913. The highest BCUT2D eigenvalue weighted by Gasteiger charge is 2.39. The Kier molecular flexibility index (Phi) is 3.89. The maximum atomic E-state index is 6.08. The third kappa shape index (κ3) is 2.29. The van der Waals surface area contributed by atoms with Gasteiger partial charge in [-0.05, 0) is 26.2 Å². The van der Waals surface area contributed by atoms with Gasteiger partial charge in [0.15, 0.2) is 5.82 Å². The second-order valence-electron chi connectivity index (χ2n) is 5.46. The van der Waals surface area contributed by atoms with Gasteiger partial charge in [-0.25, -0.2) is 9.97 Å². The van der Waals surface area contributed by atoms with Crippen LogP contribution in [0.25, 0.3) is 0 Å². The molecule has 0 atom stereocenters. The lowest BCUT2D eigenvalue weighted by Gasteiger charge is -2.35. The van der Waals surface area contributed by atoms with E-state index in [0.717, 1.165) is 50.5 Å². The van der Waals surface area contributed by atoms with E-state index in [4.69, 9.17) is 19.4 Å². The molecule has 0 aromatic carbocycles. The summed E-state index contributed by atoms with van der Waals surface area (Å²) in [7, 11) is 1.93. The Morgan fingerprint density at radius 2 is 2.05 bits per heavy atom. The smallest absolute Gasteiger partial charge is 0.163 e. The topological polar surface area (TPSA) is 56.3 Å². The minimum absolute atomic E-state index is 0.365. The number of ether oxygens (including phenoxy) is 2. The monoisotopic (exact) mass is 277 g/mol. The molecule has 20 heavy (non-hydrogen) atoms. The van der Waals surface area contributed by atoms with Gasteiger partial charge in [-0.1, -0.05) is 0 Å². The van der Waals surface area contributed by atoms with Crippen LogP contribution in [-0.4, -0.2) is 36.8 Å². The molecule has 1 saturated heterocycles. The van der Waals surface area contributed by atoms with Gasteiger partial charge >= 0.3 is 0 Å². The molecule has 0 saturated carbocycles. The molecular weight excluding hydrogens is 254 g/mol. The highest BCUT2D eigenvalue weighted by atomic mass is 16.5. The van der Waals surface area contributed by atoms with Crippen molar-refractivity contribution >= 4 is 5.82 Å². The van der Waals surface area contributed by atoms with E-state index >= 15 is 0 Å². The molecule has 1 aromatic heterocycles. The molecule has 5 heteroatoms. The minimum atomic E-state index is -0.365. The number of aryl methyl sites for hydroxylation is 1. The molecule has 2 heterocycles. The average Bonchev–Trinajstić information content (AvgIpc) is 2.96. The number of hydrogen-bond acceptors (Lipinski definition) is 5. The fourth-order valence-corrected chi connectivity index (χ4v) is 3.25. The van der Waals surface area contributed by atoms with Gasteiger partial charge in [0.05, 0.1) is 0 Å². The highest BCUT2D eigenvalue weighted by molar-refractivity contribution is 5.48. The summed E-state index contributed by atoms with van der Waals surface area (Å²) in [6.45, 7) is 4.14. The van der Waals surface area contributed by atoms with Crippen LogP contribution < -0.4 is 5.32 Å². The first-order valence-corrected chi connectivity index (χ1v) is 7.59. The van der Waals surface area contributed by atoms with Gasteiger partial charge in [0.2, 0.25) is 0 Å². The Balaban J connectivity index is 2.02. The van der Waals surface area contributed by atoms with Crippen molar-refractivity contribution in [1.29, 1.82) is 0 Å². The number of hydrogen-bond donors (Lipinski definition) is 1. The Morgan fingerprint density at radius 3 is 2.75 bits per heavy atom. The van der Waals surface area contributed by atoms with Crippen LogP contribution in [0.4, 0.5) is 5.82 Å². The highest BCUT2D eigenvalue weighted by Crippen LogP contribution is 2.36. The van der Waals surface area contributed by atoms with E-state index in [1.165, 1.54) is 17.7 Å². The lowest BCUT2D eigenvalue weighted by Crippen LogP contribution is -2.38. The first-order valence-electron chi connectivity index (χ1n) is 7.59. The standard InChI is InChI=1S/C15H23N3O2/c1-3-20-15(7-9-19-10-8-15)14-17-12-6-4-5-11(12)13(16-2)18-14/h3-10H2,1-2H3,(H,16,17,18). The Labute approximate surface area is 120 Å². The lowest BCUT2D eigenvalue weighted by atomic mass is 9.92. The molecule has 0 unspecified atom stereocenters. The Morgan fingerprint density at radius 1 is 1.25 bits per heavy atom. The van der Waals surface area contributed by atoms with Gasteiger partial charge < -0.3 is 14.8 Å². The molecule has 1 aliphatic heterocycles. The van der Waals surface area contributed by atoms with Crippen LogP contribution in [0.3, 0.4) is 0 Å². The zero-order valence-electron chi connectivity index (χ0n) is 12.4.